The highest BCUT2D eigenvalue weighted by Crippen LogP contribution is 2.16. The van der Waals surface area contributed by atoms with E-state index in [1.54, 1.807) is 36.1 Å². The molecule has 1 unspecified atom stereocenters. The van der Waals surface area contributed by atoms with E-state index in [0.717, 1.165) is 0 Å². The first-order chi connectivity index (χ1) is 12.7. The van der Waals surface area contributed by atoms with Gasteiger partial charge in [0.05, 0.1) is 19.1 Å². The Hall–Kier alpha value is -2.57. The second kappa shape index (κ2) is 11.2. The summed E-state index contributed by atoms with van der Waals surface area (Å²) in [4.78, 5) is 37.2. The Morgan fingerprint density at radius 2 is 1.74 bits per heavy atom. The quantitative estimate of drug-likeness (QED) is 0.499. The summed E-state index contributed by atoms with van der Waals surface area (Å²) < 4.78 is 10.4. The van der Waals surface area contributed by atoms with Crippen LogP contribution in [-0.4, -0.2) is 55.5 Å². The third-order valence-corrected chi connectivity index (χ3v) is 3.84. The Balaban J connectivity index is 2.83. The third kappa shape index (κ3) is 8.11. The summed E-state index contributed by atoms with van der Waals surface area (Å²) in [7, 11) is 1.33. The Bertz CT molecular complexity index is 628. The van der Waals surface area contributed by atoms with E-state index in [2.05, 4.69) is 5.32 Å². The molecular formula is C20H30N2O5. The number of benzene rings is 1. The lowest BCUT2D eigenvalue weighted by Crippen LogP contribution is -2.39. The first-order valence-corrected chi connectivity index (χ1v) is 9.12. The number of carbonyl (C=O) groups is 3. The number of carbonyl (C=O) groups excluding carboxylic acids is 3. The molecule has 0 spiro atoms. The summed E-state index contributed by atoms with van der Waals surface area (Å²) >= 11 is 0. The molecule has 0 heterocycles. The van der Waals surface area contributed by atoms with E-state index in [1.807, 2.05) is 13.8 Å². The average Bonchev–Trinajstić information content (AvgIpc) is 2.62. The standard InChI is InChI=1S/C20H30N2O5/c1-14(2)27-18-9-7-17(8-10-18)19(24)22(12-6-11-21-16(4)23)13-15(3)20(25)26-5/h7-10,14-15H,6,11-13H2,1-5H3,(H,21,23). The second-order valence-corrected chi connectivity index (χ2v) is 6.70. The van der Waals surface area contributed by atoms with Crippen molar-refractivity contribution < 1.29 is 23.9 Å². The minimum absolute atomic E-state index is 0.0535. The number of hydrogen-bond acceptors (Lipinski definition) is 5. The summed E-state index contributed by atoms with van der Waals surface area (Å²) in [6.45, 7) is 8.17. The molecule has 0 fully saturated rings. The van der Waals surface area contributed by atoms with Gasteiger partial charge in [-0.2, -0.15) is 0 Å². The van der Waals surface area contributed by atoms with Gasteiger partial charge in [-0.15, -0.1) is 0 Å². The van der Waals surface area contributed by atoms with Crippen molar-refractivity contribution in [1.29, 1.82) is 0 Å². The van der Waals surface area contributed by atoms with E-state index in [4.69, 9.17) is 9.47 Å². The molecule has 1 aromatic carbocycles. The molecule has 0 aliphatic heterocycles. The van der Waals surface area contributed by atoms with E-state index >= 15 is 0 Å². The molecule has 1 atom stereocenters. The van der Waals surface area contributed by atoms with Gasteiger partial charge >= 0.3 is 5.97 Å². The number of nitrogens with one attached hydrogen (secondary N) is 1. The fourth-order valence-corrected chi connectivity index (χ4v) is 2.55. The van der Waals surface area contributed by atoms with Crippen molar-refractivity contribution in [3.63, 3.8) is 0 Å². The van der Waals surface area contributed by atoms with Crippen molar-refractivity contribution in [1.82, 2.24) is 10.2 Å². The minimum Gasteiger partial charge on any atom is -0.491 e. The van der Waals surface area contributed by atoms with Gasteiger partial charge in [0.1, 0.15) is 5.75 Å². The summed E-state index contributed by atoms with van der Waals surface area (Å²) in [5.41, 5.74) is 0.516. The molecule has 0 bridgehead atoms. The summed E-state index contributed by atoms with van der Waals surface area (Å²) in [5.74, 6) is -0.401. The molecule has 0 saturated carbocycles. The van der Waals surface area contributed by atoms with E-state index in [-0.39, 0.29) is 30.4 Å². The first-order valence-electron chi connectivity index (χ1n) is 9.12. The maximum absolute atomic E-state index is 12.9. The molecule has 27 heavy (non-hydrogen) atoms. The monoisotopic (exact) mass is 378 g/mol. The van der Waals surface area contributed by atoms with Crippen LogP contribution in [0.25, 0.3) is 0 Å². The topological polar surface area (TPSA) is 84.9 Å². The van der Waals surface area contributed by atoms with Gasteiger partial charge in [-0.25, -0.2) is 0 Å². The number of ether oxygens (including phenoxy) is 2. The second-order valence-electron chi connectivity index (χ2n) is 6.70. The number of hydrogen-bond donors (Lipinski definition) is 1. The summed E-state index contributed by atoms with van der Waals surface area (Å²) in [6.07, 6.45) is 0.644. The van der Waals surface area contributed by atoms with Gasteiger partial charge in [-0.1, -0.05) is 6.92 Å². The zero-order chi connectivity index (χ0) is 20.4. The van der Waals surface area contributed by atoms with Crippen LogP contribution in [0.4, 0.5) is 0 Å². The smallest absolute Gasteiger partial charge is 0.310 e. The van der Waals surface area contributed by atoms with E-state index in [1.165, 1.54) is 14.0 Å². The van der Waals surface area contributed by atoms with Crippen molar-refractivity contribution >= 4 is 17.8 Å². The third-order valence-electron chi connectivity index (χ3n) is 3.84. The largest absolute Gasteiger partial charge is 0.491 e. The summed E-state index contributed by atoms with van der Waals surface area (Å²) in [6, 6.07) is 6.94. The first kappa shape index (κ1) is 22.5. The molecular weight excluding hydrogens is 348 g/mol. The van der Waals surface area contributed by atoms with Gasteiger partial charge in [0.25, 0.3) is 5.91 Å². The van der Waals surface area contributed by atoms with Crippen LogP contribution in [-0.2, 0) is 14.3 Å². The highest BCUT2D eigenvalue weighted by atomic mass is 16.5. The summed E-state index contributed by atoms with van der Waals surface area (Å²) in [5, 5.41) is 2.71. The van der Waals surface area contributed by atoms with Crippen LogP contribution in [0.1, 0.15) is 44.5 Å². The van der Waals surface area contributed by atoms with Gasteiger partial charge in [0, 0.05) is 32.1 Å². The van der Waals surface area contributed by atoms with Crippen molar-refractivity contribution in [3.8, 4) is 5.75 Å². The highest BCUT2D eigenvalue weighted by Gasteiger charge is 2.22. The van der Waals surface area contributed by atoms with Gasteiger partial charge in [-0.3, -0.25) is 14.4 Å². The average molecular weight is 378 g/mol. The van der Waals surface area contributed by atoms with Crippen LogP contribution in [0.15, 0.2) is 24.3 Å². The Morgan fingerprint density at radius 1 is 1.11 bits per heavy atom. The molecule has 2 amide bonds. The van der Waals surface area contributed by atoms with Gasteiger partial charge < -0.3 is 19.7 Å². The zero-order valence-electron chi connectivity index (χ0n) is 16.8. The number of esters is 1. The predicted molar refractivity (Wildman–Crippen MR) is 103 cm³/mol. The molecule has 0 saturated heterocycles. The van der Waals surface area contributed by atoms with E-state index in [9.17, 15) is 14.4 Å². The molecule has 0 aromatic heterocycles. The van der Waals surface area contributed by atoms with E-state index < -0.39 is 5.92 Å². The maximum atomic E-state index is 12.9. The Kier molecular flexibility index (Phi) is 9.33. The SMILES string of the molecule is COC(=O)C(C)CN(CCCNC(C)=O)C(=O)c1ccc(OC(C)C)cc1. The van der Waals surface area contributed by atoms with Crippen LogP contribution in [0, 0.1) is 5.92 Å². The number of amides is 2. The Labute approximate surface area is 161 Å². The number of methoxy groups -OCH3 is 1. The predicted octanol–water partition coefficient (Wildman–Crippen LogP) is 2.25. The number of nitrogens with zero attached hydrogens (tertiary/aromatic N) is 1. The molecule has 1 N–H and O–H groups in total. The van der Waals surface area contributed by atoms with E-state index in [0.29, 0.717) is 30.8 Å². The van der Waals surface area contributed by atoms with Crippen LogP contribution in [0.2, 0.25) is 0 Å². The molecule has 1 rings (SSSR count). The van der Waals surface area contributed by atoms with Gasteiger partial charge in [0.15, 0.2) is 0 Å². The number of rotatable bonds is 10. The lowest BCUT2D eigenvalue weighted by molar-refractivity contribution is -0.145. The fourth-order valence-electron chi connectivity index (χ4n) is 2.55. The molecule has 1 aromatic rings. The van der Waals surface area contributed by atoms with Crippen molar-refractivity contribution in [2.24, 2.45) is 5.92 Å². The van der Waals surface area contributed by atoms with Crippen LogP contribution in [0.3, 0.4) is 0 Å². The van der Waals surface area contributed by atoms with Gasteiger partial charge in [-0.05, 0) is 44.5 Å². The Morgan fingerprint density at radius 3 is 2.26 bits per heavy atom. The molecule has 150 valence electrons. The highest BCUT2D eigenvalue weighted by molar-refractivity contribution is 5.94. The molecule has 7 heteroatoms. The molecule has 7 nitrogen and oxygen atoms in total. The van der Waals surface area contributed by atoms with Crippen LogP contribution < -0.4 is 10.1 Å². The van der Waals surface area contributed by atoms with Crippen molar-refractivity contribution in [3.05, 3.63) is 29.8 Å². The van der Waals surface area contributed by atoms with Crippen LogP contribution in [0.5, 0.6) is 5.75 Å². The molecule has 0 aliphatic carbocycles. The van der Waals surface area contributed by atoms with Gasteiger partial charge in [0.2, 0.25) is 5.91 Å². The fraction of sp³-hybridized carbons (Fsp3) is 0.550. The molecule has 0 aliphatic rings. The normalized spacial score (nSPS) is 11.6. The van der Waals surface area contributed by atoms with Crippen molar-refractivity contribution in [2.75, 3.05) is 26.7 Å². The maximum Gasteiger partial charge on any atom is 0.310 e. The van der Waals surface area contributed by atoms with Crippen molar-refractivity contribution in [2.45, 2.75) is 40.2 Å². The minimum atomic E-state index is -0.441. The lowest BCUT2D eigenvalue weighted by Gasteiger charge is -2.25. The molecule has 0 radical (unpaired) electrons. The van der Waals surface area contributed by atoms with Crippen LogP contribution >= 0.6 is 0 Å². The zero-order valence-corrected chi connectivity index (χ0v) is 16.8. The lowest BCUT2D eigenvalue weighted by atomic mass is 10.1.